The van der Waals surface area contributed by atoms with E-state index in [1.165, 1.54) is 0 Å². The Bertz CT molecular complexity index is 572. The van der Waals surface area contributed by atoms with Crippen LogP contribution in [0.4, 0.5) is 5.69 Å². The molecule has 18 heavy (non-hydrogen) atoms. The Morgan fingerprint density at radius 2 is 2.00 bits per heavy atom. The second-order valence-electron chi connectivity index (χ2n) is 4.03. The van der Waals surface area contributed by atoms with Crippen LogP contribution in [-0.2, 0) is 6.42 Å². The first-order valence-electron chi connectivity index (χ1n) is 5.57. The first-order chi connectivity index (χ1) is 8.70. The zero-order valence-corrected chi connectivity index (χ0v) is 9.74. The Labute approximate surface area is 105 Å². The zero-order valence-electron chi connectivity index (χ0n) is 9.74. The standard InChI is InChI=1S/C14H13N3O/c15-8-10-1-3-11(4-2-10)14(18)7-12-9-17-6-5-13(12)16/h1-6,9,14,18H,7H2,(H2,16,17). The summed E-state index contributed by atoms with van der Waals surface area (Å²) in [7, 11) is 0. The second kappa shape index (κ2) is 5.30. The lowest BCUT2D eigenvalue weighted by atomic mass is 10.0. The molecule has 1 aromatic heterocycles. The van der Waals surface area contributed by atoms with Gasteiger partial charge in [0.05, 0.1) is 17.7 Å². The van der Waals surface area contributed by atoms with E-state index in [1.54, 1.807) is 42.7 Å². The van der Waals surface area contributed by atoms with E-state index >= 15 is 0 Å². The van der Waals surface area contributed by atoms with Crippen LogP contribution in [0.1, 0.15) is 22.8 Å². The number of hydrogen-bond donors (Lipinski definition) is 2. The fourth-order valence-corrected chi connectivity index (χ4v) is 1.71. The summed E-state index contributed by atoms with van der Waals surface area (Å²) >= 11 is 0. The maximum atomic E-state index is 10.1. The highest BCUT2D eigenvalue weighted by Crippen LogP contribution is 2.21. The van der Waals surface area contributed by atoms with Crippen molar-refractivity contribution in [2.24, 2.45) is 0 Å². The predicted octanol–water partition coefficient (Wildman–Crippen LogP) is 1.81. The van der Waals surface area contributed by atoms with Gasteiger partial charge < -0.3 is 10.8 Å². The van der Waals surface area contributed by atoms with Crippen LogP contribution in [0.15, 0.2) is 42.7 Å². The van der Waals surface area contributed by atoms with E-state index in [9.17, 15) is 5.11 Å². The normalized spacial score (nSPS) is 11.8. The Hall–Kier alpha value is -2.38. The Kier molecular flexibility index (Phi) is 3.56. The summed E-state index contributed by atoms with van der Waals surface area (Å²) in [4.78, 5) is 3.99. The fraction of sp³-hybridized carbons (Fsp3) is 0.143. The minimum absolute atomic E-state index is 0.408. The molecule has 0 aliphatic heterocycles. The van der Waals surface area contributed by atoms with Crippen LogP contribution in [0.2, 0.25) is 0 Å². The highest BCUT2D eigenvalue weighted by atomic mass is 16.3. The molecular weight excluding hydrogens is 226 g/mol. The fourth-order valence-electron chi connectivity index (χ4n) is 1.71. The predicted molar refractivity (Wildman–Crippen MR) is 68.5 cm³/mol. The van der Waals surface area contributed by atoms with Crippen LogP contribution in [0, 0.1) is 11.3 Å². The Balaban J connectivity index is 2.15. The second-order valence-corrected chi connectivity index (χ2v) is 4.03. The molecule has 4 heteroatoms. The molecule has 4 nitrogen and oxygen atoms in total. The third kappa shape index (κ3) is 2.65. The topological polar surface area (TPSA) is 82.9 Å². The van der Waals surface area contributed by atoms with Gasteiger partial charge in [-0.3, -0.25) is 4.98 Å². The number of nitriles is 1. The van der Waals surface area contributed by atoms with E-state index < -0.39 is 6.10 Å². The molecule has 3 N–H and O–H groups in total. The smallest absolute Gasteiger partial charge is 0.0991 e. The molecule has 1 aromatic carbocycles. The molecule has 0 spiro atoms. The van der Waals surface area contributed by atoms with Gasteiger partial charge in [0.2, 0.25) is 0 Å². The van der Waals surface area contributed by atoms with Crippen molar-refractivity contribution in [1.82, 2.24) is 4.98 Å². The van der Waals surface area contributed by atoms with Gasteiger partial charge in [-0.25, -0.2) is 0 Å². The summed E-state index contributed by atoms with van der Waals surface area (Å²) in [6, 6.07) is 10.6. The van der Waals surface area contributed by atoms with Crippen molar-refractivity contribution in [2.75, 3.05) is 5.73 Å². The van der Waals surface area contributed by atoms with Gasteiger partial charge in [0.25, 0.3) is 0 Å². The molecule has 0 saturated carbocycles. The van der Waals surface area contributed by atoms with Crippen molar-refractivity contribution in [1.29, 1.82) is 5.26 Å². The molecule has 1 unspecified atom stereocenters. The number of nitrogens with two attached hydrogens (primary N) is 1. The Morgan fingerprint density at radius 3 is 2.61 bits per heavy atom. The number of nitrogen functional groups attached to an aromatic ring is 1. The molecular formula is C14H13N3O. The van der Waals surface area contributed by atoms with Crippen molar-refractivity contribution in [3.63, 3.8) is 0 Å². The van der Waals surface area contributed by atoms with Gasteiger partial charge in [-0.1, -0.05) is 12.1 Å². The summed E-state index contributed by atoms with van der Waals surface area (Å²) < 4.78 is 0. The van der Waals surface area contributed by atoms with Crippen LogP contribution in [0.3, 0.4) is 0 Å². The number of hydrogen-bond acceptors (Lipinski definition) is 4. The molecule has 0 aliphatic rings. The summed E-state index contributed by atoms with van der Waals surface area (Å²) in [5.74, 6) is 0. The maximum Gasteiger partial charge on any atom is 0.0991 e. The number of nitrogens with zero attached hydrogens (tertiary/aromatic N) is 2. The number of aliphatic hydroxyl groups excluding tert-OH is 1. The third-order valence-corrected chi connectivity index (χ3v) is 2.78. The minimum Gasteiger partial charge on any atom is -0.398 e. The average molecular weight is 239 g/mol. The van der Waals surface area contributed by atoms with E-state index in [1.807, 2.05) is 6.07 Å². The van der Waals surface area contributed by atoms with Gasteiger partial charge in [-0.2, -0.15) is 5.26 Å². The van der Waals surface area contributed by atoms with E-state index in [0.717, 1.165) is 11.1 Å². The third-order valence-electron chi connectivity index (χ3n) is 2.78. The van der Waals surface area contributed by atoms with Crippen LogP contribution in [-0.4, -0.2) is 10.1 Å². The van der Waals surface area contributed by atoms with Crippen molar-refractivity contribution >= 4 is 5.69 Å². The summed E-state index contributed by atoms with van der Waals surface area (Å²) in [6.45, 7) is 0. The Morgan fingerprint density at radius 1 is 1.28 bits per heavy atom. The van der Waals surface area contributed by atoms with E-state index in [2.05, 4.69) is 4.98 Å². The van der Waals surface area contributed by atoms with Crippen molar-refractivity contribution in [3.8, 4) is 6.07 Å². The van der Waals surface area contributed by atoms with E-state index in [0.29, 0.717) is 17.7 Å². The maximum absolute atomic E-state index is 10.1. The molecule has 2 aromatic rings. The number of benzene rings is 1. The number of aromatic nitrogens is 1. The van der Waals surface area contributed by atoms with Crippen LogP contribution < -0.4 is 5.73 Å². The molecule has 2 rings (SSSR count). The van der Waals surface area contributed by atoms with Crippen molar-refractivity contribution in [2.45, 2.75) is 12.5 Å². The molecule has 0 fully saturated rings. The summed E-state index contributed by atoms with van der Waals surface area (Å²) in [5, 5.41) is 18.8. The quantitative estimate of drug-likeness (QED) is 0.855. The highest BCUT2D eigenvalue weighted by molar-refractivity contribution is 5.45. The van der Waals surface area contributed by atoms with Crippen LogP contribution in [0.5, 0.6) is 0 Å². The number of rotatable bonds is 3. The lowest BCUT2D eigenvalue weighted by molar-refractivity contribution is 0.178. The first-order valence-corrected chi connectivity index (χ1v) is 5.57. The van der Waals surface area contributed by atoms with E-state index in [-0.39, 0.29) is 0 Å². The van der Waals surface area contributed by atoms with Gasteiger partial charge in [-0.05, 0) is 29.3 Å². The van der Waals surface area contributed by atoms with Gasteiger partial charge in [-0.15, -0.1) is 0 Å². The molecule has 0 amide bonds. The monoisotopic (exact) mass is 239 g/mol. The molecule has 1 atom stereocenters. The van der Waals surface area contributed by atoms with E-state index in [4.69, 9.17) is 11.0 Å². The summed E-state index contributed by atoms with van der Waals surface area (Å²) in [5.41, 5.74) is 8.57. The lowest BCUT2D eigenvalue weighted by Gasteiger charge is -2.12. The number of anilines is 1. The summed E-state index contributed by atoms with van der Waals surface area (Å²) in [6.07, 6.45) is 3.03. The largest absolute Gasteiger partial charge is 0.398 e. The van der Waals surface area contributed by atoms with Gasteiger partial charge in [0, 0.05) is 24.5 Å². The van der Waals surface area contributed by atoms with Crippen LogP contribution in [0.25, 0.3) is 0 Å². The molecule has 0 aliphatic carbocycles. The number of pyridine rings is 1. The van der Waals surface area contributed by atoms with Gasteiger partial charge >= 0.3 is 0 Å². The molecule has 0 bridgehead atoms. The molecule has 90 valence electrons. The van der Waals surface area contributed by atoms with Gasteiger partial charge in [0.1, 0.15) is 0 Å². The SMILES string of the molecule is N#Cc1ccc(C(O)Cc2cnccc2N)cc1. The molecule has 1 heterocycles. The van der Waals surface area contributed by atoms with Crippen molar-refractivity contribution in [3.05, 3.63) is 59.4 Å². The average Bonchev–Trinajstić information content (AvgIpc) is 2.41. The number of aliphatic hydroxyl groups is 1. The first kappa shape index (κ1) is 12.1. The van der Waals surface area contributed by atoms with Crippen LogP contribution >= 0.6 is 0 Å². The van der Waals surface area contributed by atoms with Crippen molar-refractivity contribution < 1.29 is 5.11 Å². The highest BCUT2D eigenvalue weighted by Gasteiger charge is 2.10. The van der Waals surface area contributed by atoms with Gasteiger partial charge in [0.15, 0.2) is 0 Å². The zero-order chi connectivity index (χ0) is 13.0. The minimum atomic E-state index is -0.649. The molecule has 0 radical (unpaired) electrons. The lowest BCUT2D eigenvalue weighted by Crippen LogP contribution is -2.04. The molecule has 0 saturated heterocycles.